The molecule has 208 valence electrons. The second-order valence-corrected chi connectivity index (χ2v) is 13.1. The molecule has 8 atom stereocenters. The summed E-state index contributed by atoms with van der Waals surface area (Å²) in [4.78, 5) is 24.1. The van der Waals surface area contributed by atoms with Crippen LogP contribution in [0.25, 0.3) is 0 Å². The highest BCUT2D eigenvalue weighted by Gasteiger charge is 2.65. The van der Waals surface area contributed by atoms with Crippen LogP contribution in [0.2, 0.25) is 0 Å². The lowest BCUT2D eigenvalue weighted by molar-refractivity contribution is -0.149. The Morgan fingerprint density at radius 2 is 1.76 bits per heavy atom. The average molecular weight is 519 g/mol. The molecule has 0 heterocycles. The van der Waals surface area contributed by atoms with Crippen molar-refractivity contribution in [2.75, 3.05) is 0 Å². The van der Waals surface area contributed by atoms with Gasteiger partial charge in [-0.2, -0.15) is 0 Å². The van der Waals surface area contributed by atoms with E-state index in [9.17, 15) is 35.1 Å². The van der Waals surface area contributed by atoms with Gasteiger partial charge in [-0.1, -0.05) is 45.1 Å². The first-order chi connectivity index (χ1) is 16.9. The zero-order valence-electron chi connectivity index (χ0n) is 23.3. The minimum Gasteiger partial charge on any atom is -0.481 e. The summed E-state index contributed by atoms with van der Waals surface area (Å²) in [6.07, 6.45) is 4.99. The van der Waals surface area contributed by atoms with E-state index in [-0.39, 0.29) is 25.2 Å². The van der Waals surface area contributed by atoms with Crippen LogP contribution in [-0.4, -0.2) is 55.3 Å². The van der Waals surface area contributed by atoms with Crippen molar-refractivity contribution in [3.8, 4) is 0 Å². The molecule has 3 aliphatic carbocycles. The van der Waals surface area contributed by atoms with Gasteiger partial charge in [0.1, 0.15) is 0 Å². The van der Waals surface area contributed by atoms with E-state index in [1.165, 1.54) is 13.8 Å². The van der Waals surface area contributed by atoms with E-state index < -0.39 is 57.8 Å². The van der Waals surface area contributed by atoms with E-state index in [0.29, 0.717) is 19.3 Å². The minimum absolute atomic E-state index is 0.0503. The summed E-state index contributed by atoms with van der Waals surface area (Å²) < 4.78 is 0. The molecule has 7 heteroatoms. The fourth-order valence-electron chi connectivity index (χ4n) is 7.91. The lowest BCUT2D eigenvalue weighted by Gasteiger charge is -2.56. The summed E-state index contributed by atoms with van der Waals surface area (Å²) in [6, 6.07) is 0. The molecule has 0 spiro atoms. The van der Waals surface area contributed by atoms with Gasteiger partial charge in [0.15, 0.2) is 0 Å². The van der Waals surface area contributed by atoms with E-state index in [1.807, 2.05) is 6.92 Å². The van der Waals surface area contributed by atoms with Crippen LogP contribution in [0.4, 0.5) is 0 Å². The van der Waals surface area contributed by atoms with Crippen molar-refractivity contribution >= 4 is 11.9 Å². The molecular formula is C30H46O7. The lowest BCUT2D eigenvalue weighted by Crippen LogP contribution is -2.49. The van der Waals surface area contributed by atoms with Gasteiger partial charge in [0.05, 0.1) is 23.7 Å². The number of aliphatic carboxylic acids is 2. The zero-order valence-corrected chi connectivity index (χ0v) is 23.3. The van der Waals surface area contributed by atoms with Crippen LogP contribution in [0.1, 0.15) is 86.5 Å². The van der Waals surface area contributed by atoms with Crippen molar-refractivity contribution in [2.24, 2.45) is 34.0 Å². The highest BCUT2D eigenvalue weighted by molar-refractivity contribution is 5.71. The van der Waals surface area contributed by atoms with Gasteiger partial charge in [0.2, 0.25) is 0 Å². The van der Waals surface area contributed by atoms with Crippen LogP contribution >= 0.6 is 0 Å². The first kappa shape index (κ1) is 29.6. The quantitative estimate of drug-likeness (QED) is 0.264. The average Bonchev–Trinajstić information content (AvgIpc) is 2.97. The van der Waals surface area contributed by atoms with E-state index >= 15 is 0 Å². The maximum atomic E-state index is 12.5. The van der Waals surface area contributed by atoms with Crippen LogP contribution < -0.4 is 0 Å². The van der Waals surface area contributed by atoms with E-state index in [0.717, 1.165) is 23.1 Å². The molecule has 37 heavy (non-hydrogen) atoms. The SMILES string of the molecule is C=C(C)C1CC=C2C(=CCC3(C)C(C(CCC(O)C(C)(C)O)C(=O)O)C(O)CC23C)C1(C)CCC(=O)O. The number of hydrogen-bond donors (Lipinski definition) is 5. The number of allylic oxidation sites excluding steroid dienone is 5. The molecule has 0 saturated heterocycles. The first-order valence-electron chi connectivity index (χ1n) is 13.5. The first-order valence-corrected chi connectivity index (χ1v) is 13.5. The van der Waals surface area contributed by atoms with Crippen LogP contribution in [0.3, 0.4) is 0 Å². The van der Waals surface area contributed by atoms with Crippen LogP contribution in [0.15, 0.2) is 35.5 Å². The molecule has 8 unspecified atom stereocenters. The topological polar surface area (TPSA) is 135 Å². The number of aliphatic hydroxyl groups excluding tert-OH is 2. The predicted octanol–water partition coefficient (Wildman–Crippen LogP) is 4.72. The third-order valence-corrected chi connectivity index (χ3v) is 10.4. The predicted molar refractivity (Wildman–Crippen MR) is 142 cm³/mol. The third-order valence-electron chi connectivity index (χ3n) is 10.4. The van der Waals surface area contributed by atoms with Crippen molar-refractivity contribution < 1.29 is 35.1 Å². The summed E-state index contributed by atoms with van der Waals surface area (Å²) in [5.41, 5.74) is 0.445. The molecular weight excluding hydrogens is 472 g/mol. The highest BCUT2D eigenvalue weighted by atomic mass is 16.4. The number of carboxylic acid groups (broad SMARTS) is 2. The Kier molecular flexibility index (Phi) is 7.98. The van der Waals surface area contributed by atoms with Crippen LogP contribution in [0, 0.1) is 34.0 Å². The summed E-state index contributed by atoms with van der Waals surface area (Å²) >= 11 is 0. The van der Waals surface area contributed by atoms with Crippen molar-refractivity contribution in [2.45, 2.75) is 104 Å². The number of fused-ring (bicyclic) bond motifs is 3. The standard InChI is InChI=1S/C30H46O7/c1-17(2)19-9-10-21-20(28(19,5)14-13-24(33)34)12-15-29(6)25(22(31)16-30(21,29)7)18(26(35)36)8-11-23(32)27(3,4)37/h10,12,18-19,22-23,25,31-32,37H,1,8-9,11,13-16H2,2-7H3,(H,33,34)(H,35,36). The Labute approximate surface area is 221 Å². The number of aliphatic hydroxyl groups is 3. The Morgan fingerprint density at radius 3 is 2.27 bits per heavy atom. The molecule has 0 amide bonds. The highest BCUT2D eigenvalue weighted by Crippen LogP contribution is 2.70. The Balaban J connectivity index is 2.04. The number of carbonyl (C=O) groups is 2. The summed E-state index contributed by atoms with van der Waals surface area (Å²) in [6.45, 7) is 15.5. The van der Waals surface area contributed by atoms with Gasteiger partial charge in [0, 0.05) is 17.8 Å². The normalized spacial score (nSPS) is 37.1. The summed E-state index contributed by atoms with van der Waals surface area (Å²) in [5.74, 6) is -3.14. The molecule has 1 fully saturated rings. The van der Waals surface area contributed by atoms with Gasteiger partial charge in [0.25, 0.3) is 0 Å². The molecule has 0 aromatic carbocycles. The van der Waals surface area contributed by atoms with E-state index in [2.05, 4.69) is 39.5 Å². The molecule has 0 aromatic rings. The molecule has 1 saturated carbocycles. The molecule has 7 nitrogen and oxygen atoms in total. The molecule has 0 aliphatic heterocycles. The molecule has 3 rings (SSSR count). The molecule has 3 aliphatic rings. The molecule has 0 radical (unpaired) electrons. The molecule has 5 N–H and O–H groups in total. The van der Waals surface area contributed by atoms with Gasteiger partial charge >= 0.3 is 11.9 Å². The summed E-state index contributed by atoms with van der Waals surface area (Å²) in [5, 5.41) is 51.6. The maximum absolute atomic E-state index is 12.5. The van der Waals surface area contributed by atoms with Gasteiger partial charge in [-0.25, -0.2) is 0 Å². The van der Waals surface area contributed by atoms with Gasteiger partial charge in [-0.15, -0.1) is 0 Å². The van der Waals surface area contributed by atoms with Gasteiger partial charge < -0.3 is 25.5 Å². The van der Waals surface area contributed by atoms with Crippen LogP contribution in [0.5, 0.6) is 0 Å². The lowest BCUT2D eigenvalue weighted by atomic mass is 9.48. The number of carboxylic acids is 2. The largest absolute Gasteiger partial charge is 0.481 e. The Hall–Kier alpha value is -1.96. The Morgan fingerprint density at radius 1 is 1.14 bits per heavy atom. The molecule has 0 aromatic heterocycles. The van der Waals surface area contributed by atoms with Crippen LogP contribution in [-0.2, 0) is 9.59 Å². The fourth-order valence-corrected chi connectivity index (χ4v) is 7.91. The smallest absolute Gasteiger partial charge is 0.306 e. The maximum Gasteiger partial charge on any atom is 0.306 e. The molecule has 0 bridgehead atoms. The minimum atomic E-state index is -1.34. The second-order valence-electron chi connectivity index (χ2n) is 13.1. The zero-order chi connectivity index (χ0) is 28.1. The number of rotatable bonds is 10. The number of hydrogen-bond acceptors (Lipinski definition) is 5. The third kappa shape index (κ3) is 4.95. The van der Waals surface area contributed by atoms with Crippen molar-refractivity contribution in [1.82, 2.24) is 0 Å². The summed E-state index contributed by atoms with van der Waals surface area (Å²) in [7, 11) is 0. The van der Waals surface area contributed by atoms with Gasteiger partial charge in [-0.3, -0.25) is 9.59 Å². The van der Waals surface area contributed by atoms with E-state index in [4.69, 9.17) is 0 Å². The van der Waals surface area contributed by atoms with Crippen molar-refractivity contribution in [1.29, 1.82) is 0 Å². The Bertz CT molecular complexity index is 1000. The van der Waals surface area contributed by atoms with Crippen molar-refractivity contribution in [3.63, 3.8) is 0 Å². The van der Waals surface area contributed by atoms with Crippen molar-refractivity contribution in [3.05, 3.63) is 35.5 Å². The second kappa shape index (κ2) is 9.97. The van der Waals surface area contributed by atoms with E-state index in [1.54, 1.807) is 0 Å². The van der Waals surface area contributed by atoms with Gasteiger partial charge in [-0.05, 0) is 87.2 Å². The monoisotopic (exact) mass is 518 g/mol. The fraction of sp³-hybridized carbons (Fsp3) is 0.733.